The van der Waals surface area contributed by atoms with E-state index in [0.717, 1.165) is 13.1 Å². The van der Waals surface area contributed by atoms with E-state index in [1.807, 2.05) is 0 Å². The van der Waals surface area contributed by atoms with Gasteiger partial charge in [0, 0.05) is 19.0 Å². The highest BCUT2D eigenvalue weighted by molar-refractivity contribution is 7.86. The fourth-order valence-electron chi connectivity index (χ4n) is 2.28. The molecule has 1 aliphatic rings. The van der Waals surface area contributed by atoms with Gasteiger partial charge in [0.2, 0.25) is 0 Å². The Kier molecular flexibility index (Phi) is 4.08. The molecule has 0 amide bonds. The molecule has 2 atom stereocenters. The number of hydrogen-bond donors (Lipinski definition) is 1. The Bertz CT molecular complexity index is 457. The van der Waals surface area contributed by atoms with Crippen LogP contribution in [0.3, 0.4) is 0 Å². The largest absolute Gasteiger partial charge is 0.317 e. The Morgan fingerprint density at radius 2 is 2.22 bits per heavy atom. The molecule has 1 aromatic rings. The van der Waals surface area contributed by atoms with Crippen LogP contribution >= 0.6 is 11.6 Å². The molecule has 0 radical (unpaired) electrons. The standard InChI is InChI=1S/C11H17ClFN3OS/c1-11(13,8-3-5-14-6-4-8)18(17)10-7-9(12)15-16(10)2/h7-8,14H,3-6H2,1-2H3. The topological polar surface area (TPSA) is 46.9 Å². The fourth-order valence-corrected chi connectivity index (χ4v) is 4.01. The molecule has 1 aliphatic heterocycles. The Balaban J connectivity index is 2.23. The molecule has 0 saturated carbocycles. The Morgan fingerprint density at radius 1 is 1.61 bits per heavy atom. The van der Waals surface area contributed by atoms with Gasteiger partial charge in [0.25, 0.3) is 0 Å². The summed E-state index contributed by atoms with van der Waals surface area (Å²) in [5.74, 6) is -0.201. The number of rotatable bonds is 3. The minimum absolute atomic E-state index is 0.201. The van der Waals surface area contributed by atoms with E-state index >= 15 is 0 Å². The van der Waals surface area contributed by atoms with Crippen molar-refractivity contribution in [3.8, 4) is 0 Å². The molecular formula is C11H17ClFN3OS. The van der Waals surface area contributed by atoms with Gasteiger partial charge in [0.05, 0.1) is 0 Å². The number of nitrogens with one attached hydrogen (secondary N) is 1. The van der Waals surface area contributed by atoms with Crippen molar-refractivity contribution < 1.29 is 8.60 Å². The van der Waals surface area contributed by atoms with Crippen LogP contribution in [0, 0.1) is 5.92 Å². The summed E-state index contributed by atoms with van der Waals surface area (Å²) in [5, 5.41) is 5.90. The monoisotopic (exact) mass is 293 g/mol. The van der Waals surface area contributed by atoms with Gasteiger partial charge >= 0.3 is 0 Å². The van der Waals surface area contributed by atoms with Gasteiger partial charge < -0.3 is 5.32 Å². The fraction of sp³-hybridized carbons (Fsp3) is 0.727. The minimum atomic E-state index is -1.76. The van der Waals surface area contributed by atoms with E-state index in [9.17, 15) is 8.60 Å². The van der Waals surface area contributed by atoms with Crippen molar-refractivity contribution in [2.75, 3.05) is 13.1 Å². The first-order valence-corrected chi connectivity index (χ1v) is 7.46. The summed E-state index contributed by atoms with van der Waals surface area (Å²) in [4.78, 5) is 0. The summed E-state index contributed by atoms with van der Waals surface area (Å²) in [6.07, 6.45) is 1.40. The number of piperidine rings is 1. The molecule has 0 spiro atoms. The first kappa shape index (κ1) is 14.0. The normalized spacial score (nSPS) is 22.7. The predicted octanol–water partition coefficient (Wildman–Crippen LogP) is 1.87. The van der Waals surface area contributed by atoms with Crippen LogP contribution in [0.1, 0.15) is 19.8 Å². The van der Waals surface area contributed by atoms with Crippen molar-refractivity contribution in [2.24, 2.45) is 13.0 Å². The first-order valence-electron chi connectivity index (χ1n) is 5.94. The number of alkyl halides is 1. The van der Waals surface area contributed by atoms with Crippen LogP contribution in [0.15, 0.2) is 11.1 Å². The maximum Gasteiger partial charge on any atom is 0.191 e. The number of aryl methyl sites for hydroxylation is 1. The summed E-state index contributed by atoms with van der Waals surface area (Å²) >= 11 is 5.75. The van der Waals surface area contributed by atoms with Gasteiger partial charge in [-0.1, -0.05) is 11.6 Å². The van der Waals surface area contributed by atoms with Crippen LogP contribution < -0.4 is 5.32 Å². The lowest BCUT2D eigenvalue weighted by Gasteiger charge is -2.32. The lowest BCUT2D eigenvalue weighted by atomic mass is 9.93. The average Bonchev–Trinajstić information content (AvgIpc) is 2.68. The van der Waals surface area contributed by atoms with Crippen LogP contribution in [0.2, 0.25) is 5.15 Å². The molecule has 102 valence electrons. The molecule has 7 heteroatoms. The van der Waals surface area contributed by atoms with Crippen LogP contribution in [0.25, 0.3) is 0 Å². The molecular weight excluding hydrogens is 277 g/mol. The van der Waals surface area contributed by atoms with Crippen molar-refractivity contribution >= 4 is 22.4 Å². The van der Waals surface area contributed by atoms with E-state index in [4.69, 9.17) is 11.6 Å². The van der Waals surface area contributed by atoms with Crippen molar-refractivity contribution in [3.63, 3.8) is 0 Å². The lowest BCUT2D eigenvalue weighted by Crippen LogP contribution is -2.42. The molecule has 18 heavy (non-hydrogen) atoms. The zero-order valence-electron chi connectivity index (χ0n) is 10.4. The van der Waals surface area contributed by atoms with Gasteiger partial charge in [0.15, 0.2) is 10.2 Å². The second kappa shape index (κ2) is 5.27. The van der Waals surface area contributed by atoms with Crippen LogP contribution in [-0.2, 0) is 17.8 Å². The quantitative estimate of drug-likeness (QED) is 0.925. The molecule has 1 fully saturated rings. The second-order valence-corrected chi connectivity index (χ2v) is 6.85. The third-order valence-electron chi connectivity index (χ3n) is 3.43. The number of halogens is 2. The Hall–Kier alpha value is -0.460. The van der Waals surface area contributed by atoms with E-state index in [2.05, 4.69) is 10.4 Å². The molecule has 0 aliphatic carbocycles. The highest BCUT2D eigenvalue weighted by Gasteiger charge is 2.42. The van der Waals surface area contributed by atoms with Gasteiger partial charge in [-0.05, 0) is 32.9 Å². The molecule has 2 unspecified atom stereocenters. The predicted molar refractivity (Wildman–Crippen MR) is 69.7 cm³/mol. The molecule has 0 aromatic carbocycles. The zero-order valence-corrected chi connectivity index (χ0v) is 12.0. The smallest absolute Gasteiger partial charge is 0.191 e. The number of hydrogen-bond acceptors (Lipinski definition) is 3. The van der Waals surface area contributed by atoms with E-state index < -0.39 is 15.8 Å². The molecule has 1 aromatic heterocycles. The summed E-state index contributed by atoms with van der Waals surface area (Å²) in [7, 11) is -0.138. The third kappa shape index (κ3) is 2.60. The van der Waals surface area contributed by atoms with Crippen molar-refractivity contribution in [1.82, 2.24) is 15.1 Å². The van der Waals surface area contributed by atoms with E-state index in [-0.39, 0.29) is 11.1 Å². The van der Waals surface area contributed by atoms with Gasteiger partial charge in [0.1, 0.15) is 15.8 Å². The Morgan fingerprint density at radius 3 is 2.72 bits per heavy atom. The summed E-state index contributed by atoms with van der Waals surface area (Å²) in [5.41, 5.74) is 0. The minimum Gasteiger partial charge on any atom is -0.317 e. The maximum atomic E-state index is 14.8. The molecule has 2 heterocycles. The summed E-state index contributed by atoms with van der Waals surface area (Å²) in [6, 6.07) is 1.47. The Labute approximate surface area is 113 Å². The molecule has 1 saturated heterocycles. The SMILES string of the molecule is Cn1nc(Cl)cc1S(=O)C(C)(F)C1CCNCC1. The molecule has 1 N–H and O–H groups in total. The van der Waals surface area contributed by atoms with Crippen molar-refractivity contribution in [3.05, 3.63) is 11.2 Å². The first-order chi connectivity index (χ1) is 8.43. The lowest BCUT2D eigenvalue weighted by molar-refractivity contribution is 0.165. The molecule has 2 rings (SSSR count). The van der Waals surface area contributed by atoms with E-state index in [0.29, 0.717) is 17.9 Å². The van der Waals surface area contributed by atoms with Gasteiger partial charge in [-0.15, -0.1) is 0 Å². The van der Waals surface area contributed by atoms with Crippen molar-refractivity contribution in [2.45, 2.75) is 29.8 Å². The highest BCUT2D eigenvalue weighted by atomic mass is 35.5. The average molecular weight is 294 g/mol. The van der Waals surface area contributed by atoms with Gasteiger partial charge in [-0.3, -0.25) is 4.68 Å². The number of nitrogens with zero attached hydrogens (tertiary/aromatic N) is 2. The van der Waals surface area contributed by atoms with Crippen molar-refractivity contribution in [1.29, 1.82) is 0 Å². The maximum absolute atomic E-state index is 14.8. The van der Waals surface area contributed by atoms with Gasteiger partial charge in [-0.25, -0.2) is 8.60 Å². The van der Waals surface area contributed by atoms with E-state index in [1.54, 1.807) is 7.05 Å². The summed E-state index contributed by atoms with van der Waals surface area (Å²) in [6.45, 7) is 2.96. The molecule has 0 bridgehead atoms. The zero-order chi connectivity index (χ0) is 13.3. The molecule has 4 nitrogen and oxygen atoms in total. The van der Waals surface area contributed by atoms with Crippen LogP contribution in [0.4, 0.5) is 4.39 Å². The second-order valence-electron chi connectivity index (χ2n) is 4.71. The third-order valence-corrected chi connectivity index (χ3v) is 5.43. The van der Waals surface area contributed by atoms with Crippen LogP contribution in [0.5, 0.6) is 0 Å². The van der Waals surface area contributed by atoms with Crippen LogP contribution in [-0.4, -0.2) is 32.1 Å². The van der Waals surface area contributed by atoms with Gasteiger partial charge in [-0.2, -0.15) is 5.10 Å². The number of aromatic nitrogens is 2. The van der Waals surface area contributed by atoms with E-state index in [1.165, 1.54) is 17.7 Å². The highest BCUT2D eigenvalue weighted by Crippen LogP contribution is 2.35. The summed E-state index contributed by atoms with van der Waals surface area (Å²) < 4.78 is 28.6.